The highest BCUT2D eigenvalue weighted by atomic mass is 16.6. The quantitative estimate of drug-likeness (QED) is 0.430. The van der Waals surface area contributed by atoms with Crippen molar-refractivity contribution in [3.63, 3.8) is 0 Å². The van der Waals surface area contributed by atoms with E-state index in [-0.39, 0.29) is 23.9 Å². The predicted octanol–water partition coefficient (Wildman–Crippen LogP) is 1.75. The molecule has 10 nitrogen and oxygen atoms in total. The van der Waals surface area contributed by atoms with Gasteiger partial charge in [-0.3, -0.25) is 14.9 Å². The first-order chi connectivity index (χ1) is 13.0. The van der Waals surface area contributed by atoms with Gasteiger partial charge in [-0.05, 0) is 44.9 Å². The number of pyridine rings is 1. The zero-order chi connectivity index (χ0) is 21.1. The van der Waals surface area contributed by atoms with Crippen molar-refractivity contribution in [2.45, 2.75) is 45.0 Å². The average molecular weight is 393 g/mol. The highest BCUT2D eigenvalue weighted by Gasteiger charge is 2.22. The largest absolute Gasteiger partial charge is 0.444 e. The van der Waals surface area contributed by atoms with Crippen LogP contribution in [0.2, 0.25) is 0 Å². The SMILES string of the molecule is CC(C)(C)OC(=O)NCCC(O)C(O)c1ccc2[nH]cc([N+](=O)[O-])c(=O)c2c1. The van der Waals surface area contributed by atoms with Gasteiger partial charge in [0.15, 0.2) is 0 Å². The number of rotatable bonds is 6. The molecule has 0 fully saturated rings. The summed E-state index contributed by atoms with van der Waals surface area (Å²) >= 11 is 0. The summed E-state index contributed by atoms with van der Waals surface area (Å²) < 4.78 is 5.07. The van der Waals surface area contributed by atoms with Gasteiger partial charge in [0.25, 0.3) is 5.43 Å². The third-order valence-corrected chi connectivity index (χ3v) is 3.90. The molecule has 1 heterocycles. The summed E-state index contributed by atoms with van der Waals surface area (Å²) in [5, 5.41) is 33.9. The van der Waals surface area contributed by atoms with Gasteiger partial charge in [-0.15, -0.1) is 0 Å². The number of nitrogens with one attached hydrogen (secondary N) is 2. The number of aromatic nitrogens is 1. The number of H-pyrrole nitrogens is 1. The Labute approximate surface area is 160 Å². The van der Waals surface area contributed by atoms with Gasteiger partial charge in [0.2, 0.25) is 0 Å². The van der Waals surface area contributed by atoms with Gasteiger partial charge in [0, 0.05) is 12.1 Å². The molecule has 0 radical (unpaired) electrons. The van der Waals surface area contributed by atoms with E-state index in [1.54, 1.807) is 20.8 Å². The maximum Gasteiger partial charge on any atom is 0.407 e. The molecule has 2 rings (SSSR count). The molecular formula is C18H23N3O7. The van der Waals surface area contributed by atoms with Crippen molar-refractivity contribution in [3.05, 3.63) is 50.3 Å². The summed E-state index contributed by atoms with van der Waals surface area (Å²) in [7, 11) is 0. The molecule has 1 amide bonds. The lowest BCUT2D eigenvalue weighted by molar-refractivity contribution is -0.386. The molecule has 0 bridgehead atoms. The minimum atomic E-state index is -1.34. The lowest BCUT2D eigenvalue weighted by Crippen LogP contribution is -2.34. The van der Waals surface area contributed by atoms with Gasteiger partial charge in [0.1, 0.15) is 11.7 Å². The van der Waals surface area contributed by atoms with Crippen LogP contribution in [0.4, 0.5) is 10.5 Å². The number of nitro groups is 1. The molecule has 0 aliphatic rings. The topological polar surface area (TPSA) is 155 Å². The number of hydrogen-bond donors (Lipinski definition) is 4. The Hall–Kier alpha value is -2.98. The van der Waals surface area contributed by atoms with Gasteiger partial charge in [-0.2, -0.15) is 0 Å². The lowest BCUT2D eigenvalue weighted by Gasteiger charge is -2.21. The summed E-state index contributed by atoms with van der Waals surface area (Å²) in [5.41, 5.74) is -1.45. The van der Waals surface area contributed by atoms with Crippen molar-refractivity contribution in [1.82, 2.24) is 10.3 Å². The summed E-state index contributed by atoms with van der Waals surface area (Å²) in [6.45, 7) is 5.22. The van der Waals surface area contributed by atoms with Crippen LogP contribution in [0.25, 0.3) is 10.9 Å². The summed E-state index contributed by atoms with van der Waals surface area (Å²) in [6.07, 6.45) is -2.17. The lowest BCUT2D eigenvalue weighted by atomic mass is 10.00. The minimum absolute atomic E-state index is 0.0315. The van der Waals surface area contributed by atoms with Crippen molar-refractivity contribution < 1.29 is 24.7 Å². The Kier molecular flexibility index (Phi) is 6.37. The maximum absolute atomic E-state index is 12.2. The fourth-order valence-corrected chi connectivity index (χ4v) is 2.56. The Morgan fingerprint density at radius 2 is 2.04 bits per heavy atom. The maximum atomic E-state index is 12.2. The summed E-state index contributed by atoms with van der Waals surface area (Å²) in [6, 6.07) is 4.29. The first-order valence-corrected chi connectivity index (χ1v) is 8.62. The first-order valence-electron chi connectivity index (χ1n) is 8.62. The normalized spacial score (nSPS) is 13.8. The molecule has 2 unspecified atom stereocenters. The van der Waals surface area contributed by atoms with Gasteiger partial charge in [0.05, 0.1) is 22.6 Å². The Morgan fingerprint density at radius 1 is 1.36 bits per heavy atom. The standard InChI is InChI=1S/C18H23N3O7/c1-18(2,3)28-17(25)19-7-6-14(22)15(23)10-4-5-12-11(8-10)16(24)13(9-20-12)21(26)27/h4-5,8-9,14-15,22-23H,6-7H2,1-3H3,(H,19,25)(H,20,24). The van der Waals surface area contributed by atoms with E-state index in [1.165, 1.54) is 18.2 Å². The van der Waals surface area contributed by atoms with Crippen LogP contribution < -0.4 is 10.7 Å². The third kappa shape index (κ3) is 5.27. The molecule has 28 heavy (non-hydrogen) atoms. The van der Waals surface area contributed by atoms with Crippen LogP contribution in [-0.2, 0) is 4.74 Å². The van der Waals surface area contributed by atoms with Crippen LogP contribution in [0.15, 0.2) is 29.2 Å². The number of aliphatic hydroxyl groups excluding tert-OH is 2. The molecule has 0 aliphatic carbocycles. The molecule has 0 aliphatic heterocycles. The average Bonchev–Trinajstić information content (AvgIpc) is 2.59. The second kappa shape index (κ2) is 8.36. The van der Waals surface area contributed by atoms with Crippen molar-refractivity contribution in [3.8, 4) is 0 Å². The molecule has 1 aromatic carbocycles. The number of ether oxygens (including phenoxy) is 1. The number of alkyl carbamates (subject to hydrolysis) is 1. The molecular weight excluding hydrogens is 370 g/mol. The highest BCUT2D eigenvalue weighted by Crippen LogP contribution is 2.22. The van der Waals surface area contributed by atoms with Crippen LogP contribution in [0.5, 0.6) is 0 Å². The molecule has 4 N–H and O–H groups in total. The fourth-order valence-electron chi connectivity index (χ4n) is 2.56. The number of carbonyl (C=O) groups excluding carboxylic acids is 1. The zero-order valence-electron chi connectivity index (χ0n) is 15.8. The van der Waals surface area contributed by atoms with E-state index in [9.17, 15) is 29.9 Å². The van der Waals surface area contributed by atoms with E-state index in [0.717, 1.165) is 6.20 Å². The van der Waals surface area contributed by atoms with E-state index in [2.05, 4.69) is 10.3 Å². The number of benzene rings is 1. The molecule has 0 saturated heterocycles. The molecule has 0 spiro atoms. The van der Waals surface area contributed by atoms with Crippen LogP contribution in [0.1, 0.15) is 38.9 Å². The second-order valence-electron chi connectivity index (χ2n) is 7.29. The molecule has 2 atom stereocenters. The smallest absolute Gasteiger partial charge is 0.407 e. The van der Waals surface area contributed by atoms with E-state index < -0.39 is 39.9 Å². The number of nitrogens with zero attached hydrogens (tertiary/aromatic N) is 1. The van der Waals surface area contributed by atoms with Crippen molar-refractivity contribution in [2.24, 2.45) is 0 Å². The number of hydrogen-bond acceptors (Lipinski definition) is 7. The predicted molar refractivity (Wildman–Crippen MR) is 101 cm³/mol. The second-order valence-corrected chi connectivity index (χ2v) is 7.29. The Bertz CT molecular complexity index is 933. The van der Waals surface area contributed by atoms with Crippen molar-refractivity contribution in [2.75, 3.05) is 6.54 Å². The minimum Gasteiger partial charge on any atom is -0.444 e. The van der Waals surface area contributed by atoms with Gasteiger partial charge < -0.3 is 25.3 Å². The van der Waals surface area contributed by atoms with Crippen LogP contribution >= 0.6 is 0 Å². The Morgan fingerprint density at radius 3 is 2.64 bits per heavy atom. The number of aliphatic hydroxyl groups is 2. The number of carbonyl (C=O) groups is 1. The van der Waals surface area contributed by atoms with E-state index in [4.69, 9.17) is 4.74 Å². The monoisotopic (exact) mass is 393 g/mol. The highest BCUT2D eigenvalue weighted by molar-refractivity contribution is 5.81. The molecule has 152 valence electrons. The summed E-state index contributed by atoms with van der Waals surface area (Å²) in [5.74, 6) is 0. The molecule has 1 aromatic heterocycles. The first kappa shape index (κ1) is 21.3. The van der Waals surface area contributed by atoms with Crippen LogP contribution in [-0.4, -0.2) is 44.5 Å². The van der Waals surface area contributed by atoms with Gasteiger partial charge in [-0.25, -0.2) is 4.79 Å². The van der Waals surface area contributed by atoms with Crippen LogP contribution in [0.3, 0.4) is 0 Å². The van der Waals surface area contributed by atoms with Crippen molar-refractivity contribution >= 4 is 22.7 Å². The Balaban J connectivity index is 2.08. The number of fused-ring (bicyclic) bond motifs is 1. The fraction of sp³-hybridized carbons (Fsp3) is 0.444. The van der Waals surface area contributed by atoms with Gasteiger partial charge >= 0.3 is 11.8 Å². The molecule has 2 aromatic rings. The van der Waals surface area contributed by atoms with E-state index in [0.29, 0.717) is 5.52 Å². The van der Waals surface area contributed by atoms with E-state index in [1.807, 2.05) is 0 Å². The summed E-state index contributed by atoms with van der Waals surface area (Å²) in [4.78, 5) is 36.6. The third-order valence-electron chi connectivity index (χ3n) is 3.90. The van der Waals surface area contributed by atoms with Gasteiger partial charge in [-0.1, -0.05) is 6.07 Å². The van der Waals surface area contributed by atoms with Crippen LogP contribution in [0, 0.1) is 10.1 Å². The zero-order valence-corrected chi connectivity index (χ0v) is 15.8. The number of amides is 1. The van der Waals surface area contributed by atoms with E-state index >= 15 is 0 Å². The number of aromatic amines is 1. The molecule has 0 saturated carbocycles. The molecule has 10 heteroatoms. The van der Waals surface area contributed by atoms with Crippen molar-refractivity contribution in [1.29, 1.82) is 0 Å².